The zero-order chi connectivity index (χ0) is 21.5. The summed E-state index contributed by atoms with van der Waals surface area (Å²) in [7, 11) is 0. The number of ketones is 1. The second kappa shape index (κ2) is 9.51. The second-order valence-electron chi connectivity index (χ2n) is 6.31. The van der Waals surface area contributed by atoms with E-state index in [0.29, 0.717) is 29.0 Å². The van der Waals surface area contributed by atoms with Crippen LogP contribution in [0.15, 0.2) is 63.8 Å². The lowest BCUT2D eigenvalue weighted by Crippen LogP contribution is -2.19. The van der Waals surface area contributed by atoms with E-state index in [0.717, 1.165) is 5.39 Å². The average Bonchev–Trinajstić information content (AvgIpc) is 2.76. The first-order valence-corrected chi connectivity index (χ1v) is 9.20. The molecule has 0 fully saturated rings. The first-order valence-electron chi connectivity index (χ1n) is 9.20. The standard InChI is InChI=1S/C22H19NO7/c1-2-20(25)23-16-7-3-14(4-8-16)18(24)12-29-22(27)13-28-17-9-5-15-6-10-21(26)30-19(15)11-17/h3-11H,2,12-13H2,1H3,(H,23,25). The Morgan fingerprint density at radius 3 is 2.43 bits per heavy atom. The third-order valence-corrected chi connectivity index (χ3v) is 4.13. The molecule has 0 aliphatic carbocycles. The summed E-state index contributed by atoms with van der Waals surface area (Å²) in [5.41, 5.74) is 0.776. The summed E-state index contributed by atoms with van der Waals surface area (Å²) in [5, 5.41) is 3.40. The molecule has 8 nitrogen and oxygen atoms in total. The van der Waals surface area contributed by atoms with Gasteiger partial charge in [0.25, 0.3) is 0 Å². The van der Waals surface area contributed by atoms with Crippen LogP contribution < -0.4 is 15.7 Å². The van der Waals surface area contributed by atoms with Crippen LogP contribution in [0.5, 0.6) is 5.75 Å². The van der Waals surface area contributed by atoms with Gasteiger partial charge in [-0.25, -0.2) is 9.59 Å². The van der Waals surface area contributed by atoms with E-state index in [-0.39, 0.29) is 11.7 Å². The van der Waals surface area contributed by atoms with Crippen molar-refractivity contribution in [3.05, 3.63) is 70.6 Å². The maximum Gasteiger partial charge on any atom is 0.344 e. The number of amides is 1. The van der Waals surface area contributed by atoms with Crippen molar-refractivity contribution in [2.24, 2.45) is 0 Å². The number of fused-ring (bicyclic) bond motifs is 1. The Morgan fingerprint density at radius 1 is 0.967 bits per heavy atom. The van der Waals surface area contributed by atoms with Crippen LogP contribution in [-0.2, 0) is 14.3 Å². The summed E-state index contributed by atoms with van der Waals surface area (Å²) in [4.78, 5) is 46.6. The van der Waals surface area contributed by atoms with Crippen LogP contribution in [0.3, 0.4) is 0 Å². The van der Waals surface area contributed by atoms with Gasteiger partial charge in [-0.2, -0.15) is 0 Å². The van der Waals surface area contributed by atoms with E-state index in [1.165, 1.54) is 12.1 Å². The normalized spacial score (nSPS) is 10.4. The van der Waals surface area contributed by atoms with Gasteiger partial charge in [-0.15, -0.1) is 0 Å². The molecule has 0 unspecified atom stereocenters. The minimum absolute atomic E-state index is 0.128. The summed E-state index contributed by atoms with van der Waals surface area (Å²) in [6, 6.07) is 14.0. The molecule has 3 aromatic rings. The number of carbonyl (C=O) groups is 3. The minimum Gasteiger partial charge on any atom is -0.482 e. The van der Waals surface area contributed by atoms with Crippen molar-refractivity contribution in [2.45, 2.75) is 13.3 Å². The number of carbonyl (C=O) groups excluding carboxylic acids is 3. The molecule has 1 heterocycles. The van der Waals surface area contributed by atoms with Crippen LogP contribution in [0.2, 0.25) is 0 Å². The lowest BCUT2D eigenvalue weighted by Gasteiger charge is -2.08. The average molecular weight is 409 g/mol. The number of Topliss-reactive ketones (excluding diaryl/α,β-unsaturated/α-hetero) is 1. The van der Waals surface area contributed by atoms with Crippen molar-refractivity contribution in [1.29, 1.82) is 0 Å². The molecule has 0 atom stereocenters. The number of hydrogen-bond donors (Lipinski definition) is 1. The van der Waals surface area contributed by atoms with E-state index in [9.17, 15) is 19.2 Å². The molecule has 0 aliphatic heterocycles. The van der Waals surface area contributed by atoms with Gasteiger partial charge in [-0.3, -0.25) is 9.59 Å². The SMILES string of the molecule is CCC(=O)Nc1ccc(C(=O)COC(=O)COc2ccc3ccc(=O)oc3c2)cc1. The number of benzene rings is 2. The summed E-state index contributed by atoms with van der Waals surface area (Å²) in [6.45, 7) is 0.899. The molecule has 30 heavy (non-hydrogen) atoms. The highest BCUT2D eigenvalue weighted by atomic mass is 16.6. The van der Waals surface area contributed by atoms with Gasteiger partial charge < -0.3 is 19.2 Å². The highest BCUT2D eigenvalue weighted by molar-refractivity contribution is 5.98. The van der Waals surface area contributed by atoms with Crippen LogP contribution in [-0.4, -0.2) is 30.9 Å². The summed E-state index contributed by atoms with van der Waals surface area (Å²) in [5.74, 6) is -0.907. The van der Waals surface area contributed by atoms with Crippen molar-refractivity contribution < 1.29 is 28.3 Å². The Hall–Kier alpha value is -3.94. The molecule has 1 aromatic heterocycles. The molecule has 154 valence electrons. The molecule has 0 saturated heterocycles. The van der Waals surface area contributed by atoms with Gasteiger partial charge in [0.05, 0.1) is 0 Å². The van der Waals surface area contributed by atoms with Gasteiger partial charge in [0.1, 0.15) is 11.3 Å². The molecule has 0 radical (unpaired) electrons. The number of esters is 1. The van der Waals surface area contributed by atoms with Crippen molar-refractivity contribution >= 4 is 34.3 Å². The number of nitrogens with one attached hydrogen (secondary N) is 1. The van der Waals surface area contributed by atoms with Crippen LogP contribution in [0.1, 0.15) is 23.7 Å². The molecule has 0 aliphatic rings. The molecule has 0 saturated carbocycles. The van der Waals surface area contributed by atoms with E-state index in [2.05, 4.69) is 5.32 Å². The fourth-order valence-electron chi connectivity index (χ4n) is 2.53. The van der Waals surface area contributed by atoms with Crippen LogP contribution in [0.4, 0.5) is 5.69 Å². The van der Waals surface area contributed by atoms with Crippen molar-refractivity contribution in [2.75, 3.05) is 18.5 Å². The minimum atomic E-state index is -0.718. The van der Waals surface area contributed by atoms with E-state index in [1.807, 2.05) is 0 Å². The number of ether oxygens (including phenoxy) is 2. The Bertz CT molecular complexity index is 1130. The van der Waals surface area contributed by atoms with E-state index in [1.54, 1.807) is 49.4 Å². The molecular weight excluding hydrogens is 390 g/mol. The maximum absolute atomic E-state index is 12.1. The number of anilines is 1. The van der Waals surface area contributed by atoms with Crippen molar-refractivity contribution in [3.8, 4) is 5.75 Å². The van der Waals surface area contributed by atoms with Gasteiger partial charge in [-0.1, -0.05) is 6.92 Å². The first kappa shape index (κ1) is 20.8. The molecule has 3 rings (SSSR count). The largest absolute Gasteiger partial charge is 0.482 e. The van der Waals surface area contributed by atoms with Gasteiger partial charge in [0, 0.05) is 35.2 Å². The van der Waals surface area contributed by atoms with E-state index < -0.39 is 24.8 Å². The molecule has 1 N–H and O–H groups in total. The summed E-state index contributed by atoms with van der Waals surface area (Å²) >= 11 is 0. The van der Waals surface area contributed by atoms with Gasteiger partial charge in [-0.05, 0) is 42.5 Å². The van der Waals surface area contributed by atoms with Gasteiger partial charge in [0.2, 0.25) is 5.91 Å². The van der Waals surface area contributed by atoms with Gasteiger partial charge >= 0.3 is 11.6 Å². The van der Waals surface area contributed by atoms with E-state index in [4.69, 9.17) is 13.9 Å². The van der Waals surface area contributed by atoms with Crippen LogP contribution >= 0.6 is 0 Å². The Labute approximate surface area is 171 Å². The predicted molar refractivity (Wildman–Crippen MR) is 109 cm³/mol. The molecule has 0 spiro atoms. The topological polar surface area (TPSA) is 112 Å². The Balaban J connectivity index is 1.49. The van der Waals surface area contributed by atoms with Crippen LogP contribution in [0.25, 0.3) is 11.0 Å². The fraction of sp³-hybridized carbons (Fsp3) is 0.182. The number of rotatable bonds is 8. The second-order valence-corrected chi connectivity index (χ2v) is 6.31. The summed E-state index contributed by atoms with van der Waals surface area (Å²) in [6.07, 6.45) is 0.354. The monoisotopic (exact) mass is 409 g/mol. The van der Waals surface area contributed by atoms with Crippen LogP contribution in [0, 0.1) is 0 Å². The highest BCUT2D eigenvalue weighted by Crippen LogP contribution is 2.19. The first-order chi connectivity index (χ1) is 14.4. The van der Waals surface area contributed by atoms with Crippen molar-refractivity contribution in [3.63, 3.8) is 0 Å². The molecule has 0 bridgehead atoms. The maximum atomic E-state index is 12.1. The lowest BCUT2D eigenvalue weighted by atomic mass is 10.1. The fourth-order valence-corrected chi connectivity index (χ4v) is 2.53. The Morgan fingerprint density at radius 2 is 1.70 bits per heavy atom. The smallest absolute Gasteiger partial charge is 0.344 e. The van der Waals surface area contributed by atoms with E-state index >= 15 is 0 Å². The Kier molecular flexibility index (Phi) is 6.59. The zero-order valence-electron chi connectivity index (χ0n) is 16.2. The molecule has 1 amide bonds. The quantitative estimate of drug-likeness (QED) is 0.346. The predicted octanol–water partition coefficient (Wildman–Crippen LogP) is 2.95. The third-order valence-electron chi connectivity index (χ3n) is 4.13. The highest BCUT2D eigenvalue weighted by Gasteiger charge is 2.11. The number of hydrogen-bond acceptors (Lipinski definition) is 7. The van der Waals surface area contributed by atoms with Gasteiger partial charge in [0.15, 0.2) is 19.0 Å². The molecule has 2 aromatic carbocycles. The zero-order valence-corrected chi connectivity index (χ0v) is 16.2. The summed E-state index contributed by atoms with van der Waals surface area (Å²) < 4.78 is 15.3. The van der Waals surface area contributed by atoms with Crippen molar-refractivity contribution in [1.82, 2.24) is 0 Å². The third kappa shape index (κ3) is 5.54. The lowest BCUT2D eigenvalue weighted by molar-refractivity contribution is -0.144. The molecule has 8 heteroatoms. The molecular formula is C22H19NO7.